The third-order valence-corrected chi connectivity index (χ3v) is 3.07. The van der Waals surface area contributed by atoms with Crippen molar-refractivity contribution in [3.05, 3.63) is 42.1 Å². The Kier molecular flexibility index (Phi) is 4.08. The maximum atomic E-state index is 12.5. The minimum absolute atomic E-state index is 0.305. The van der Waals surface area contributed by atoms with Gasteiger partial charge in [0.05, 0.1) is 23.9 Å². The molecule has 0 fully saturated rings. The van der Waals surface area contributed by atoms with Gasteiger partial charge >= 0.3 is 12.1 Å². The number of aromatic nitrogens is 1. The predicted molar refractivity (Wildman–Crippen MR) is 85.0 cm³/mol. The summed E-state index contributed by atoms with van der Waals surface area (Å²) >= 11 is 0. The Morgan fingerprint density at radius 2 is 1.86 bits per heavy atom. The minimum atomic E-state index is -0.647. The van der Waals surface area contributed by atoms with Gasteiger partial charge in [0.25, 0.3) is 0 Å². The van der Waals surface area contributed by atoms with Gasteiger partial charge in [-0.05, 0) is 32.9 Å². The van der Waals surface area contributed by atoms with Gasteiger partial charge in [0.15, 0.2) is 0 Å². The molecule has 0 saturated carbocycles. The highest BCUT2D eigenvalue weighted by Crippen LogP contribution is 2.28. The highest BCUT2D eigenvalue weighted by atomic mass is 16.6. The number of carbonyl (C=O) groups is 2. The van der Waals surface area contributed by atoms with Crippen molar-refractivity contribution in [2.75, 3.05) is 7.11 Å². The van der Waals surface area contributed by atoms with Crippen LogP contribution in [0.4, 0.5) is 4.79 Å². The van der Waals surface area contributed by atoms with Crippen LogP contribution >= 0.6 is 0 Å². The summed E-state index contributed by atoms with van der Waals surface area (Å²) < 4.78 is 11.6. The van der Waals surface area contributed by atoms with Gasteiger partial charge < -0.3 is 9.47 Å². The first-order chi connectivity index (χ1) is 10.3. The van der Waals surface area contributed by atoms with Gasteiger partial charge in [-0.15, -0.1) is 0 Å². The van der Waals surface area contributed by atoms with Crippen molar-refractivity contribution in [1.29, 1.82) is 0 Å². The first kappa shape index (κ1) is 15.8. The SMILES string of the molecule is C=Cc1c(C(=O)OC)c2ccccc2n1C(=O)OC(C)(C)C. The third-order valence-electron chi connectivity index (χ3n) is 3.07. The van der Waals surface area contributed by atoms with Gasteiger partial charge in [-0.1, -0.05) is 24.8 Å². The van der Waals surface area contributed by atoms with Crippen LogP contribution in [-0.4, -0.2) is 29.3 Å². The molecule has 0 bridgehead atoms. The van der Waals surface area contributed by atoms with Gasteiger partial charge in [0.1, 0.15) is 5.60 Å². The molecule has 0 radical (unpaired) electrons. The summed E-state index contributed by atoms with van der Waals surface area (Å²) in [6.07, 6.45) is 0.893. The number of carbonyl (C=O) groups excluding carboxylic acids is 2. The average molecular weight is 301 g/mol. The molecule has 0 aliphatic heterocycles. The lowest BCUT2D eigenvalue weighted by atomic mass is 10.1. The number of hydrogen-bond acceptors (Lipinski definition) is 4. The molecule has 2 aromatic rings. The summed E-state index contributed by atoms with van der Waals surface area (Å²) in [5.41, 5.74) is 0.597. The van der Waals surface area contributed by atoms with Crippen LogP contribution in [0.3, 0.4) is 0 Å². The van der Waals surface area contributed by atoms with E-state index >= 15 is 0 Å². The minimum Gasteiger partial charge on any atom is -0.465 e. The van der Waals surface area contributed by atoms with Crippen molar-refractivity contribution in [2.45, 2.75) is 26.4 Å². The van der Waals surface area contributed by atoms with E-state index in [1.165, 1.54) is 17.8 Å². The number of fused-ring (bicyclic) bond motifs is 1. The van der Waals surface area contributed by atoms with Gasteiger partial charge in [-0.25, -0.2) is 14.2 Å². The molecule has 1 aromatic carbocycles. The Hall–Kier alpha value is -2.56. The van der Waals surface area contributed by atoms with Crippen LogP contribution in [0.1, 0.15) is 36.8 Å². The van der Waals surface area contributed by atoms with Gasteiger partial charge in [0.2, 0.25) is 0 Å². The van der Waals surface area contributed by atoms with Crippen molar-refractivity contribution in [2.24, 2.45) is 0 Å². The fourth-order valence-electron chi connectivity index (χ4n) is 2.27. The zero-order chi connectivity index (χ0) is 16.5. The largest absolute Gasteiger partial charge is 0.465 e. The smallest absolute Gasteiger partial charge is 0.419 e. The van der Waals surface area contributed by atoms with Crippen LogP contribution in [0.25, 0.3) is 17.0 Å². The monoisotopic (exact) mass is 301 g/mol. The standard InChI is InChI=1S/C17H19NO4/c1-6-12-14(15(19)21-5)11-9-7-8-10-13(11)18(12)16(20)22-17(2,3)4/h6-10H,1H2,2-5H3. The molecule has 0 unspecified atom stereocenters. The molecule has 0 amide bonds. The molecule has 0 saturated heterocycles. The average Bonchev–Trinajstić information content (AvgIpc) is 2.78. The van der Waals surface area contributed by atoms with E-state index in [1.54, 1.807) is 45.0 Å². The molecule has 1 aromatic heterocycles. The van der Waals surface area contributed by atoms with Crippen LogP contribution in [0.5, 0.6) is 0 Å². The maximum Gasteiger partial charge on any atom is 0.419 e. The molecule has 22 heavy (non-hydrogen) atoms. The molecule has 116 valence electrons. The van der Waals surface area contributed by atoms with E-state index in [1.807, 2.05) is 0 Å². The third kappa shape index (κ3) is 2.74. The lowest BCUT2D eigenvalue weighted by molar-refractivity contribution is 0.0543. The molecule has 1 heterocycles. The molecule has 0 atom stereocenters. The zero-order valence-electron chi connectivity index (χ0n) is 13.2. The second-order valence-corrected chi connectivity index (χ2v) is 5.79. The molecule has 2 rings (SSSR count). The highest BCUT2D eigenvalue weighted by molar-refractivity contribution is 6.10. The summed E-state index contributed by atoms with van der Waals surface area (Å²) in [5.74, 6) is -0.520. The first-order valence-electron chi connectivity index (χ1n) is 6.87. The maximum absolute atomic E-state index is 12.5. The lowest BCUT2D eigenvalue weighted by Gasteiger charge is -2.20. The van der Waals surface area contributed by atoms with Crippen molar-refractivity contribution in [3.63, 3.8) is 0 Å². The number of para-hydroxylation sites is 1. The van der Waals surface area contributed by atoms with Crippen LogP contribution < -0.4 is 0 Å². The van der Waals surface area contributed by atoms with E-state index in [4.69, 9.17) is 9.47 Å². The van der Waals surface area contributed by atoms with Gasteiger partial charge in [-0.2, -0.15) is 0 Å². The Morgan fingerprint density at radius 1 is 1.23 bits per heavy atom. The highest BCUT2D eigenvalue weighted by Gasteiger charge is 2.27. The molecule has 0 N–H and O–H groups in total. The predicted octanol–water partition coefficient (Wildman–Crippen LogP) is 3.85. The fourth-order valence-corrected chi connectivity index (χ4v) is 2.27. The zero-order valence-corrected chi connectivity index (χ0v) is 13.2. The second-order valence-electron chi connectivity index (χ2n) is 5.79. The molecule has 0 spiro atoms. The Bertz CT molecular complexity index is 750. The number of methoxy groups -OCH3 is 1. The van der Waals surface area contributed by atoms with Crippen LogP contribution in [-0.2, 0) is 9.47 Å². The number of benzene rings is 1. The topological polar surface area (TPSA) is 57.5 Å². The van der Waals surface area contributed by atoms with Gasteiger partial charge in [0, 0.05) is 5.39 Å². The van der Waals surface area contributed by atoms with E-state index in [9.17, 15) is 9.59 Å². The van der Waals surface area contributed by atoms with Crippen LogP contribution in [0, 0.1) is 0 Å². The molecular formula is C17H19NO4. The van der Waals surface area contributed by atoms with Crippen molar-refractivity contribution in [1.82, 2.24) is 4.57 Å². The van der Waals surface area contributed by atoms with Crippen LogP contribution in [0.2, 0.25) is 0 Å². The number of rotatable bonds is 2. The Labute approximate surface area is 129 Å². The Balaban J connectivity index is 2.76. The number of nitrogens with zero attached hydrogens (tertiary/aromatic N) is 1. The first-order valence-corrected chi connectivity index (χ1v) is 6.87. The van der Waals surface area contributed by atoms with E-state index in [-0.39, 0.29) is 0 Å². The molecule has 5 nitrogen and oxygen atoms in total. The van der Waals surface area contributed by atoms with Gasteiger partial charge in [-0.3, -0.25) is 0 Å². The van der Waals surface area contributed by atoms with Crippen molar-refractivity contribution >= 4 is 29.0 Å². The van der Waals surface area contributed by atoms with E-state index in [2.05, 4.69) is 6.58 Å². The summed E-state index contributed by atoms with van der Waals surface area (Å²) in [6, 6.07) is 7.09. The quantitative estimate of drug-likeness (QED) is 0.790. The summed E-state index contributed by atoms with van der Waals surface area (Å²) in [5, 5.41) is 0.620. The van der Waals surface area contributed by atoms with E-state index < -0.39 is 17.7 Å². The molecule has 0 aliphatic carbocycles. The van der Waals surface area contributed by atoms with Crippen molar-refractivity contribution < 1.29 is 19.1 Å². The second kappa shape index (κ2) is 5.67. The summed E-state index contributed by atoms with van der Waals surface area (Å²) in [4.78, 5) is 24.6. The van der Waals surface area contributed by atoms with E-state index in [0.29, 0.717) is 22.2 Å². The number of hydrogen-bond donors (Lipinski definition) is 0. The summed E-state index contributed by atoms with van der Waals surface area (Å²) in [7, 11) is 1.30. The van der Waals surface area contributed by atoms with Crippen molar-refractivity contribution in [3.8, 4) is 0 Å². The summed E-state index contributed by atoms with van der Waals surface area (Å²) in [6.45, 7) is 9.06. The normalized spacial score (nSPS) is 11.3. The lowest BCUT2D eigenvalue weighted by Crippen LogP contribution is -2.27. The molecule has 0 aliphatic rings. The number of esters is 1. The molecule has 5 heteroatoms. The number of ether oxygens (including phenoxy) is 2. The van der Waals surface area contributed by atoms with Crippen LogP contribution in [0.15, 0.2) is 30.8 Å². The molecular weight excluding hydrogens is 282 g/mol. The fraction of sp³-hybridized carbons (Fsp3) is 0.294. The van der Waals surface area contributed by atoms with E-state index in [0.717, 1.165) is 0 Å². The Morgan fingerprint density at radius 3 is 2.41 bits per heavy atom.